The van der Waals surface area contributed by atoms with Gasteiger partial charge in [0.2, 0.25) is 0 Å². The highest BCUT2D eigenvalue weighted by Gasteiger charge is 2.37. The molecular weight excluding hydrogens is 472 g/mol. The molecular formula is C20H44O11Si2. The first kappa shape index (κ1) is 34.5. The minimum Gasteiger partial charge on any atom is -0.462 e. The zero-order chi connectivity index (χ0) is 25.6. The van der Waals surface area contributed by atoms with E-state index in [1.165, 1.54) is 0 Å². The first-order chi connectivity index (χ1) is 15.7. The molecule has 198 valence electrons. The van der Waals surface area contributed by atoms with Crippen molar-refractivity contribution in [3.8, 4) is 0 Å². The molecule has 0 N–H and O–H groups in total. The van der Waals surface area contributed by atoms with Gasteiger partial charge in [-0.05, 0) is 13.3 Å². The lowest BCUT2D eigenvalue weighted by atomic mass is 10.4. The fourth-order valence-corrected chi connectivity index (χ4v) is 5.49. The van der Waals surface area contributed by atoms with Crippen LogP contribution < -0.4 is 0 Å². The van der Waals surface area contributed by atoms with Crippen molar-refractivity contribution in [1.29, 1.82) is 0 Å². The topological polar surface area (TPSA) is 109 Å². The molecule has 0 rings (SSSR count). The van der Waals surface area contributed by atoms with Crippen molar-refractivity contribution in [3.05, 3.63) is 12.2 Å². The maximum Gasteiger partial charge on any atom is 0.500 e. The summed E-state index contributed by atoms with van der Waals surface area (Å²) in [5.41, 5.74) is 0.397. The van der Waals surface area contributed by atoms with Gasteiger partial charge in [0.1, 0.15) is 0 Å². The van der Waals surface area contributed by atoms with Gasteiger partial charge in [-0.1, -0.05) is 6.58 Å². The van der Waals surface area contributed by atoms with Crippen LogP contribution >= 0.6 is 0 Å². The van der Waals surface area contributed by atoms with Crippen molar-refractivity contribution in [3.63, 3.8) is 0 Å². The molecule has 0 amide bonds. The second kappa shape index (κ2) is 21.8. The first-order valence-corrected chi connectivity index (χ1v) is 14.7. The molecule has 33 heavy (non-hydrogen) atoms. The van der Waals surface area contributed by atoms with Crippen LogP contribution in [0.2, 0.25) is 12.6 Å². The quantitative estimate of drug-likeness (QED) is 0.102. The Morgan fingerprint density at radius 1 is 0.697 bits per heavy atom. The SMILES string of the molecule is C=C(C)C(=O)OCCC[Si](OC)(OC)OC.COCCO[Si](C)(OCCOC)OCCOC. The van der Waals surface area contributed by atoms with Gasteiger partial charge in [-0.15, -0.1) is 0 Å². The summed E-state index contributed by atoms with van der Waals surface area (Å²) in [6.45, 7) is 10.2. The number of hydrogen-bond donors (Lipinski definition) is 0. The molecule has 0 unspecified atom stereocenters. The summed E-state index contributed by atoms with van der Waals surface area (Å²) in [5, 5.41) is 0. The fraction of sp³-hybridized carbons (Fsp3) is 0.850. The Bertz CT molecular complexity index is 456. The predicted octanol–water partition coefficient (Wildman–Crippen LogP) is 1.92. The number of esters is 1. The van der Waals surface area contributed by atoms with Crippen molar-refractivity contribution in [2.45, 2.75) is 25.9 Å². The van der Waals surface area contributed by atoms with Crippen LogP contribution in [0.4, 0.5) is 0 Å². The molecule has 0 heterocycles. The lowest BCUT2D eigenvalue weighted by Crippen LogP contribution is -2.44. The average molecular weight is 517 g/mol. The Hall–Kier alpha value is -0.716. The molecule has 0 radical (unpaired) electrons. The monoisotopic (exact) mass is 516 g/mol. The van der Waals surface area contributed by atoms with E-state index in [-0.39, 0.29) is 5.97 Å². The summed E-state index contributed by atoms with van der Waals surface area (Å²) in [6, 6.07) is 0.611. The number of methoxy groups -OCH3 is 3. The third kappa shape index (κ3) is 18.3. The molecule has 0 saturated heterocycles. The molecule has 0 spiro atoms. The van der Waals surface area contributed by atoms with Gasteiger partial charge < -0.3 is 45.5 Å². The van der Waals surface area contributed by atoms with Gasteiger partial charge in [-0.2, -0.15) is 0 Å². The number of rotatable bonds is 20. The highest BCUT2D eigenvalue weighted by atomic mass is 28.4. The molecule has 0 aliphatic heterocycles. The highest BCUT2D eigenvalue weighted by molar-refractivity contribution is 6.60. The summed E-state index contributed by atoms with van der Waals surface area (Å²) >= 11 is 0. The molecule has 0 aliphatic rings. The largest absolute Gasteiger partial charge is 0.500 e. The lowest BCUT2D eigenvalue weighted by molar-refractivity contribution is -0.139. The van der Waals surface area contributed by atoms with Gasteiger partial charge in [0.05, 0.1) is 46.2 Å². The summed E-state index contributed by atoms with van der Waals surface area (Å²) < 4.78 is 52.3. The van der Waals surface area contributed by atoms with Gasteiger partial charge in [0, 0.05) is 60.8 Å². The van der Waals surface area contributed by atoms with E-state index in [2.05, 4.69) is 6.58 Å². The zero-order valence-corrected chi connectivity index (χ0v) is 23.6. The number of ether oxygens (including phenoxy) is 4. The maximum absolute atomic E-state index is 11.1. The molecule has 0 aliphatic carbocycles. The van der Waals surface area contributed by atoms with Crippen LogP contribution in [0.3, 0.4) is 0 Å². The Morgan fingerprint density at radius 3 is 1.39 bits per heavy atom. The maximum atomic E-state index is 11.1. The number of carbonyl (C=O) groups is 1. The van der Waals surface area contributed by atoms with Crippen molar-refractivity contribution >= 4 is 23.6 Å². The summed E-state index contributed by atoms with van der Waals surface area (Å²) in [5.74, 6) is -0.375. The minimum atomic E-state index is -2.60. The second-order valence-corrected chi connectivity index (χ2v) is 12.4. The highest BCUT2D eigenvalue weighted by Crippen LogP contribution is 2.15. The first-order valence-electron chi connectivity index (χ1n) is 10.6. The summed E-state index contributed by atoms with van der Waals surface area (Å²) in [4.78, 5) is 11.1. The van der Waals surface area contributed by atoms with Crippen molar-refractivity contribution < 1.29 is 50.3 Å². The second-order valence-electron chi connectivity index (χ2n) is 6.70. The molecule has 0 aromatic heterocycles. The summed E-state index contributed by atoms with van der Waals surface area (Å²) in [6.07, 6.45) is 0.640. The van der Waals surface area contributed by atoms with Crippen molar-refractivity contribution in [1.82, 2.24) is 0 Å². The third-order valence-electron chi connectivity index (χ3n) is 4.10. The molecule has 0 aromatic rings. The average Bonchev–Trinajstić information content (AvgIpc) is 2.80. The van der Waals surface area contributed by atoms with Gasteiger partial charge in [0.15, 0.2) is 0 Å². The van der Waals surface area contributed by atoms with E-state index in [0.29, 0.717) is 64.3 Å². The van der Waals surface area contributed by atoms with Crippen LogP contribution in [0.5, 0.6) is 0 Å². The molecule has 0 atom stereocenters. The van der Waals surface area contributed by atoms with E-state index in [4.69, 9.17) is 45.5 Å². The number of hydrogen-bond acceptors (Lipinski definition) is 11. The molecule has 0 saturated carbocycles. The van der Waals surface area contributed by atoms with E-state index in [1.807, 2.05) is 6.55 Å². The zero-order valence-electron chi connectivity index (χ0n) is 21.6. The standard InChI is InChI=1S/C10H24O6Si.C10H20O5Si/c1-11-5-8-14-17(4,15-9-6-12-2)16-10-7-13-3;1-9(2)10(11)15-7-6-8-16(12-3,13-4)14-5/h5-10H2,1-4H3;1,6-8H2,2-5H3. The van der Waals surface area contributed by atoms with Gasteiger partial charge in [0.25, 0.3) is 0 Å². The van der Waals surface area contributed by atoms with E-state index in [0.717, 1.165) is 0 Å². The molecule has 0 bridgehead atoms. The van der Waals surface area contributed by atoms with E-state index < -0.39 is 17.6 Å². The summed E-state index contributed by atoms with van der Waals surface area (Å²) in [7, 11) is 4.41. The fourth-order valence-electron chi connectivity index (χ4n) is 2.19. The van der Waals surface area contributed by atoms with E-state index in [9.17, 15) is 4.79 Å². The number of carbonyl (C=O) groups excluding carboxylic acids is 1. The third-order valence-corrected chi connectivity index (χ3v) is 9.11. The van der Waals surface area contributed by atoms with Gasteiger partial charge in [-0.3, -0.25) is 0 Å². The van der Waals surface area contributed by atoms with Gasteiger partial charge >= 0.3 is 23.6 Å². The lowest BCUT2D eigenvalue weighted by Gasteiger charge is -2.25. The smallest absolute Gasteiger partial charge is 0.462 e. The Labute approximate surface area is 201 Å². The molecule has 0 aromatic carbocycles. The van der Waals surface area contributed by atoms with Crippen LogP contribution in [-0.4, -0.2) is 112 Å². The van der Waals surface area contributed by atoms with Gasteiger partial charge in [-0.25, -0.2) is 4.79 Å². The minimum absolute atomic E-state index is 0.316. The van der Waals surface area contributed by atoms with Crippen LogP contribution in [-0.2, 0) is 50.3 Å². The van der Waals surface area contributed by atoms with Crippen LogP contribution in [0.15, 0.2) is 12.2 Å². The Morgan fingerprint density at radius 2 is 1.09 bits per heavy atom. The molecule has 13 heteroatoms. The van der Waals surface area contributed by atoms with E-state index >= 15 is 0 Å². The normalized spacial score (nSPS) is 11.6. The van der Waals surface area contributed by atoms with Crippen LogP contribution in [0.1, 0.15) is 13.3 Å². The molecule has 0 fully saturated rings. The van der Waals surface area contributed by atoms with Crippen LogP contribution in [0.25, 0.3) is 0 Å². The predicted molar refractivity (Wildman–Crippen MR) is 127 cm³/mol. The van der Waals surface area contributed by atoms with E-state index in [1.54, 1.807) is 49.6 Å². The Kier molecular flexibility index (Phi) is 22.8. The Balaban J connectivity index is 0. The van der Waals surface area contributed by atoms with Crippen molar-refractivity contribution in [2.24, 2.45) is 0 Å². The molecule has 11 nitrogen and oxygen atoms in total. The van der Waals surface area contributed by atoms with Crippen molar-refractivity contribution in [2.75, 3.05) is 88.9 Å². The van der Waals surface area contributed by atoms with Crippen LogP contribution in [0, 0.1) is 0 Å².